The highest BCUT2D eigenvalue weighted by Gasteiger charge is 2.33. The summed E-state index contributed by atoms with van der Waals surface area (Å²) in [5, 5.41) is 2.86. The molecule has 36 heavy (non-hydrogen) atoms. The summed E-state index contributed by atoms with van der Waals surface area (Å²) in [6.45, 7) is 6.46. The Labute approximate surface area is 211 Å². The van der Waals surface area contributed by atoms with E-state index in [4.69, 9.17) is 4.74 Å². The number of nitrogens with one attached hydrogen (secondary N) is 1. The molecule has 2 aromatic rings. The van der Waals surface area contributed by atoms with Crippen LogP contribution in [0, 0.1) is 11.6 Å². The second-order valence-electron chi connectivity index (χ2n) is 9.40. The molecule has 0 spiro atoms. The number of hydrogen-bond donors (Lipinski definition) is 1. The van der Waals surface area contributed by atoms with Crippen LogP contribution in [0.1, 0.15) is 39.7 Å². The molecule has 0 heterocycles. The van der Waals surface area contributed by atoms with Crippen molar-refractivity contribution < 1.29 is 31.5 Å². The van der Waals surface area contributed by atoms with Crippen LogP contribution in [0.25, 0.3) is 0 Å². The third-order valence-electron chi connectivity index (χ3n) is 5.27. The van der Waals surface area contributed by atoms with Crippen molar-refractivity contribution in [2.24, 2.45) is 0 Å². The Bertz CT molecular complexity index is 1180. The Hall–Kier alpha value is -3.21. The molecule has 0 aliphatic heterocycles. The number of nitrogens with zero attached hydrogens (tertiary/aromatic N) is 2. The van der Waals surface area contributed by atoms with Gasteiger partial charge in [0.1, 0.15) is 18.3 Å². The van der Waals surface area contributed by atoms with Crippen LogP contribution in [0.3, 0.4) is 0 Å². The van der Waals surface area contributed by atoms with Gasteiger partial charge in [-0.15, -0.1) is 0 Å². The van der Waals surface area contributed by atoms with E-state index in [-0.39, 0.29) is 18.7 Å². The van der Waals surface area contributed by atoms with E-state index < -0.39 is 51.6 Å². The molecule has 11 heteroatoms. The molecule has 0 fully saturated rings. The summed E-state index contributed by atoms with van der Waals surface area (Å²) in [6.07, 6.45) is 1.12. The molecule has 2 aromatic carbocycles. The first kappa shape index (κ1) is 29.0. The van der Waals surface area contributed by atoms with Gasteiger partial charge in [0.05, 0.1) is 19.1 Å². The summed E-state index contributed by atoms with van der Waals surface area (Å²) >= 11 is 0. The molecule has 0 saturated heterocycles. The van der Waals surface area contributed by atoms with Gasteiger partial charge in [0.25, 0.3) is 0 Å². The Kier molecular flexibility index (Phi) is 9.42. The molecule has 0 aliphatic carbocycles. The Morgan fingerprint density at radius 2 is 1.67 bits per heavy atom. The van der Waals surface area contributed by atoms with E-state index >= 15 is 0 Å². The largest absolute Gasteiger partial charge is 0.497 e. The van der Waals surface area contributed by atoms with E-state index in [1.165, 1.54) is 12.0 Å². The maximum absolute atomic E-state index is 13.9. The molecule has 8 nitrogen and oxygen atoms in total. The third kappa shape index (κ3) is 7.91. The number of carbonyl (C=O) groups is 2. The van der Waals surface area contributed by atoms with Crippen LogP contribution in [0.2, 0.25) is 0 Å². The Morgan fingerprint density at radius 1 is 1.06 bits per heavy atom. The van der Waals surface area contributed by atoms with E-state index in [9.17, 15) is 26.8 Å². The minimum atomic E-state index is -4.06. The van der Waals surface area contributed by atoms with Gasteiger partial charge in [0, 0.05) is 18.2 Å². The van der Waals surface area contributed by atoms with Crippen molar-refractivity contribution in [2.45, 2.75) is 52.2 Å². The van der Waals surface area contributed by atoms with Crippen LogP contribution < -0.4 is 14.4 Å². The highest BCUT2D eigenvalue weighted by Crippen LogP contribution is 2.22. The SMILES string of the molecule is CC[C@H](C(=O)NC(C)(C)C)N(Cc1ccc(OC)cc1)C(=O)CN(c1ccc(F)c(F)c1)S(C)(=O)=O. The quantitative estimate of drug-likeness (QED) is 0.513. The number of benzene rings is 2. The van der Waals surface area contributed by atoms with Crippen molar-refractivity contribution >= 4 is 27.5 Å². The zero-order valence-corrected chi connectivity index (χ0v) is 22.2. The van der Waals surface area contributed by atoms with Crippen molar-refractivity contribution in [2.75, 3.05) is 24.2 Å². The minimum absolute atomic E-state index is 0.00821. The average Bonchev–Trinajstić information content (AvgIpc) is 2.77. The first-order valence-corrected chi connectivity index (χ1v) is 13.2. The molecule has 2 rings (SSSR count). The lowest BCUT2D eigenvalue weighted by Gasteiger charge is -2.34. The molecule has 1 atom stereocenters. The van der Waals surface area contributed by atoms with Crippen LogP contribution in [0.15, 0.2) is 42.5 Å². The number of hydrogen-bond acceptors (Lipinski definition) is 5. The van der Waals surface area contributed by atoms with Crippen molar-refractivity contribution in [3.05, 3.63) is 59.7 Å². The smallest absolute Gasteiger partial charge is 0.244 e. The number of halogens is 2. The summed E-state index contributed by atoms with van der Waals surface area (Å²) in [4.78, 5) is 28.0. The van der Waals surface area contributed by atoms with Gasteiger partial charge in [-0.05, 0) is 57.0 Å². The fourth-order valence-corrected chi connectivity index (χ4v) is 4.40. The standard InChI is InChI=1S/C25H33F2N3O5S/c1-7-22(24(32)28-25(2,3)4)29(15-17-8-11-19(35-5)12-9-17)23(31)16-30(36(6,33)34)18-10-13-20(26)21(27)14-18/h8-14,22H,7,15-16H2,1-6H3,(H,28,32)/t22-/m1/s1. The van der Waals surface area contributed by atoms with Crippen LogP contribution in [-0.4, -0.2) is 56.6 Å². The normalized spacial score (nSPS) is 12.6. The molecule has 0 radical (unpaired) electrons. The fraction of sp³-hybridized carbons (Fsp3) is 0.440. The van der Waals surface area contributed by atoms with Crippen molar-refractivity contribution in [3.63, 3.8) is 0 Å². The minimum Gasteiger partial charge on any atom is -0.497 e. The predicted octanol–water partition coefficient (Wildman–Crippen LogP) is 3.46. The van der Waals surface area contributed by atoms with Gasteiger partial charge in [-0.3, -0.25) is 13.9 Å². The van der Waals surface area contributed by atoms with E-state index in [1.807, 2.05) is 20.8 Å². The predicted molar refractivity (Wildman–Crippen MR) is 134 cm³/mol. The van der Waals surface area contributed by atoms with Gasteiger partial charge in [0.15, 0.2) is 11.6 Å². The number of rotatable bonds is 10. The van der Waals surface area contributed by atoms with E-state index in [2.05, 4.69) is 5.32 Å². The summed E-state index contributed by atoms with van der Waals surface area (Å²) in [5.74, 6) is -2.87. The summed E-state index contributed by atoms with van der Waals surface area (Å²) < 4.78 is 58.2. The molecule has 0 aromatic heterocycles. The molecular formula is C25H33F2N3O5S. The van der Waals surface area contributed by atoms with Crippen molar-refractivity contribution in [1.82, 2.24) is 10.2 Å². The zero-order valence-electron chi connectivity index (χ0n) is 21.3. The molecule has 198 valence electrons. The zero-order chi connectivity index (χ0) is 27.3. The monoisotopic (exact) mass is 525 g/mol. The van der Waals surface area contributed by atoms with Crippen LogP contribution >= 0.6 is 0 Å². The molecular weight excluding hydrogens is 492 g/mol. The molecule has 1 N–H and O–H groups in total. The highest BCUT2D eigenvalue weighted by atomic mass is 32.2. The molecule has 0 aliphatic rings. The van der Waals surface area contributed by atoms with Gasteiger partial charge in [0.2, 0.25) is 21.8 Å². The van der Waals surface area contributed by atoms with Crippen LogP contribution in [0.4, 0.5) is 14.5 Å². The van der Waals surface area contributed by atoms with Gasteiger partial charge >= 0.3 is 0 Å². The molecule has 0 saturated carbocycles. The molecule has 0 bridgehead atoms. The van der Waals surface area contributed by atoms with Crippen LogP contribution in [-0.2, 0) is 26.2 Å². The summed E-state index contributed by atoms with van der Waals surface area (Å²) in [7, 11) is -2.54. The van der Waals surface area contributed by atoms with Crippen LogP contribution in [0.5, 0.6) is 5.75 Å². The first-order chi connectivity index (χ1) is 16.7. The average molecular weight is 526 g/mol. The maximum atomic E-state index is 13.9. The number of carbonyl (C=O) groups excluding carboxylic acids is 2. The second kappa shape index (κ2) is 11.7. The maximum Gasteiger partial charge on any atom is 0.244 e. The molecule has 2 amide bonds. The fourth-order valence-electron chi connectivity index (χ4n) is 3.55. The third-order valence-corrected chi connectivity index (χ3v) is 6.41. The molecule has 0 unspecified atom stereocenters. The number of sulfonamides is 1. The van der Waals surface area contributed by atoms with Crippen molar-refractivity contribution in [1.29, 1.82) is 0 Å². The van der Waals surface area contributed by atoms with E-state index in [0.29, 0.717) is 21.7 Å². The number of methoxy groups -OCH3 is 1. The second-order valence-corrected chi connectivity index (χ2v) is 11.3. The lowest BCUT2D eigenvalue weighted by molar-refractivity contribution is -0.141. The lowest BCUT2D eigenvalue weighted by atomic mass is 10.1. The number of ether oxygens (including phenoxy) is 1. The highest BCUT2D eigenvalue weighted by molar-refractivity contribution is 7.92. The van der Waals surface area contributed by atoms with Crippen molar-refractivity contribution in [3.8, 4) is 5.75 Å². The Morgan fingerprint density at radius 3 is 2.14 bits per heavy atom. The number of amides is 2. The van der Waals surface area contributed by atoms with Gasteiger partial charge < -0.3 is 15.0 Å². The van der Waals surface area contributed by atoms with Gasteiger partial charge in [-0.25, -0.2) is 17.2 Å². The summed E-state index contributed by atoms with van der Waals surface area (Å²) in [5.41, 5.74) is -0.0877. The van der Waals surface area contributed by atoms with Gasteiger partial charge in [-0.1, -0.05) is 19.1 Å². The first-order valence-electron chi connectivity index (χ1n) is 11.3. The lowest BCUT2D eigenvalue weighted by Crippen LogP contribution is -2.55. The summed E-state index contributed by atoms with van der Waals surface area (Å²) in [6, 6.07) is 8.54. The van der Waals surface area contributed by atoms with E-state index in [1.54, 1.807) is 31.2 Å². The number of anilines is 1. The van der Waals surface area contributed by atoms with E-state index in [0.717, 1.165) is 18.4 Å². The van der Waals surface area contributed by atoms with Gasteiger partial charge in [-0.2, -0.15) is 0 Å². The topological polar surface area (TPSA) is 96.0 Å². The Balaban J connectivity index is 2.47.